The Morgan fingerprint density at radius 1 is 1.33 bits per heavy atom. The first kappa shape index (κ1) is 15.8. The van der Waals surface area contributed by atoms with Crippen molar-refractivity contribution in [1.82, 2.24) is 4.57 Å². The number of aromatic nitrogens is 1. The first-order chi connectivity index (χ1) is 10.1. The molecule has 0 aliphatic rings. The van der Waals surface area contributed by atoms with Gasteiger partial charge in [-0.2, -0.15) is 0 Å². The van der Waals surface area contributed by atoms with Crippen molar-refractivity contribution in [3.63, 3.8) is 0 Å². The van der Waals surface area contributed by atoms with E-state index in [0.29, 0.717) is 0 Å². The molecule has 0 saturated heterocycles. The lowest BCUT2D eigenvalue weighted by Gasteiger charge is -2.07. The first-order valence-electron chi connectivity index (χ1n) is 6.97. The molecule has 0 aliphatic carbocycles. The number of hydrogen-bond acceptors (Lipinski definition) is 2. The Labute approximate surface area is 132 Å². The van der Waals surface area contributed by atoms with E-state index < -0.39 is 6.10 Å². The third-order valence-electron chi connectivity index (χ3n) is 3.17. The number of amides is 1. The van der Waals surface area contributed by atoms with E-state index in [-0.39, 0.29) is 12.5 Å². The van der Waals surface area contributed by atoms with E-state index in [1.54, 1.807) is 4.57 Å². The van der Waals surface area contributed by atoms with Crippen LogP contribution >= 0.6 is 15.9 Å². The van der Waals surface area contributed by atoms with Gasteiger partial charge in [-0.25, -0.2) is 0 Å². The second kappa shape index (κ2) is 7.43. The highest BCUT2D eigenvalue weighted by atomic mass is 79.9. The highest BCUT2D eigenvalue weighted by molar-refractivity contribution is 9.10. The fourth-order valence-corrected chi connectivity index (χ4v) is 2.36. The number of carbonyl (C=O) groups excluding carboxylic acids is 1. The van der Waals surface area contributed by atoms with Crippen LogP contribution in [-0.4, -0.2) is 15.6 Å². The van der Waals surface area contributed by atoms with E-state index in [2.05, 4.69) is 21.2 Å². The monoisotopic (exact) mass is 350 g/mol. The lowest BCUT2D eigenvalue weighted by molar-refractivity contribution is -0.116. The molecule has 1 heterocycles. The normalized spacial score (nSPS) is 12.1. The number of aliphatic hydroxyl groups excluding tert-OH is 1. The average molecular weight is 351 g/mol. The minimum absolute atomic E-state index is 0.0931. The van der Waals surface area contributed by atoms with Gasteiger partial charge in [-0.1, -0.05) is 29.3 Å². The van der Waals surface area contributed by atoms with E-state index in [1.807, 2.05) is 49.6 Å². The van der Waals surface area contributed by atoms with Crippen LogP contribution in [0.3, 0.4) is 0 Å². The highest BCUT2D eigenvalue weighted by Gasteiger charge is 2.09. The largest absolute Gasteiger partial charge is 0.388 e. The molecular formula is C16H19BrN2O2. The quantitative estimate of drug-likeness (QED) is 0.833. The van der Waals surface area contributed by atoms with Crippen LogP contribution in [-0.2, 0) is 11.3 Å². The summed E-state index contributed by atoms with van der Waals surface area (Å²) < 4.78 is 2.75. The Morgan fingerprint density at radius 2 is 2.05 bits per heavy atom. The fraction of sp³-hybridized carbons (Fsp3) is 0.312. The standard InChI is InChI=1S/C16H19BrN2O2/c1-2-3-15(20)12-8-9-19(10-12)11-16(21)18-14-6-4-13(17)5-7-14/h4-10,15,20H,2-3,11H2,1H3,(H,18,21). The second-order valence-electron chi connectivity index (χ2n) is 4.98. The molecule has 2 aromatic rings. The molecular weight excluding hydrogens is 332 g/mol. The molecule has 0 saturated carbocycles. The predicted octanol–water partition coefficient (Wildman–Crippen LogP) is 3.72. The van der Waals surface area contributed by atoms with Crippen molar-refractivity contribution in [3.05, 3.63) is 52.8 Å². The summed E-state index contributed by atoms with van der Waals surface area (Å²) in [6, 6.07) is 9.30. The van der Waals surface area contributed by atoms with Crippen LogP contribution < -0.4 is 5.32 Å². The van der Waals surface area contributed by atoms with Crippen molar-refractivity contribution in [2.75, 3.05) is 5.32 Å². The van der Waals surface area contributed by atoms with Crippen LogP contribution in [0.25, 0.3) is 0 Å². The predicted molar refractivity (Wildman–Crippen MR) is 87.1 cm³/mol. The molecule has 0 spiro atoms. The zero-order valence-corrected chi connectivity index (χ0v) is 13.5. The summed E-state index contributed by atoms with van der Waals surface area (Å²) in [6.45, 7) is 2.26. The lowest BCUT2D eigenvalue weighted by atomic mass is 10.1. The van der Waals surface area contributed by atoms with Gasteiger partial charge in [0.05, 0.1) is 6.10 Å². The Morgan fingerprint density at radius 3 is 2.71 bits per heavy atom. The number of nitrogens with zero attached hydrogens (tertiary/aromatic N) is 1. The van der Waals surface area contributed by atoms with E-state index in [0.717, 1.165) is 28.6 Å². The minimum atomic E-state index is -0.453. The zero-order valence-electron chi connectivity index (χ0n) is 11.9. The van der Waals surface area contributed by atoms with E-state index >= 15 is 0 Å². The number of rotatable bonds is 6. The van der Waals surface area contributed by atoms with Crippen LogP contribution in [0.5, 0.6) is 0 Å². The number of halogens is 1. The van der Waals surface area contributed by atoms with Gasteiger partial charge < -0.3 is 15.0 Å². The molecule has 2 N–H and O–H groups in total. The molecule has 2 rings (SSSR count). The van der Waals surface area contributed by atoms with Crippen molar-refractivity contribution in [3.8, 4) is 0 Å². The number of aliphatic hydroxyl groups is 1. The number of carbonyl (C=O) groups is 1. The molecule has 1 aromatic heterocycles. The molecule has 1 amide bonds. The number of benzene rings is 1. The zero-order chi connectivity index (χ0) is 15.2. The number of anilines is 1. The van der Waals surface area contributed by atoms with Gasteiger partial charge in [0.2, 0.25) is 5.91 Å². The van der Waals surface area contributed by atoms with Crippen LogP contribution in [0.15, 0.2) is 47.2 Å². The van der Waals surface area contributed by atoms with Crippen molar-refractivity contribution < 1.29 is 9.90 Å². The first-order valence-corrected chi connectivity index (χ1v) is 7.77. The Kier molecular flexibility index (Phi) is 5.59. The second-order valence-corrected chi connectivity index (χ2v) is 5.89. The van der Waals surface area contributed by atoms with Crippen LogP contribution in [0.1, 0.15) is 31.4 Å². The molecule has 5 heteroatoms. The van der Waals surface area contributed by atoms with Gasteiger partial charge in [0.25, 0.3) is 0 Å². The van der Waals surface area contributed by atoms with Crippen molar-refractivity contribution in [2.24, 2.45) is 0 Å². The number of nitrogens with one attached hydrogen (secondary N) is 1. The topological polar surface area (TPSA) is 54.3 Å². The van der Waals surface area contributed by atoms with Crippen LogP contribution in [0, 0.1) is 0 Å². The lowest BCUT2D eigenvalue weighted by Crippen LogP contribution is -2.17. The Hall–Kier alpha value is -1.59. The maximum atomic E-state index is 12.0. The van der Waals surface area contributed by atoms with E-state index in [1.165, 1.54) is 0 Å². The minimum Gasteiger partial charge on any atom is -0.388 e. The van der Waals surface area contributed by atoms with Gasteiger partial charge in [-0.15, -0.1) is 0 Å². The molecule has 1 atom stereocenters. The van der Waals surface area contributed by atoms with Gasteiger partial charge in [0.1, 0.15) is 6.54 Å². The molecule has 0 fully saturated rings. The summed E-state index contributed by atoms with van der Waals surface area (Å²) in [4.78, 5) is 12.0. The van der Waals surface area contributed by atoms with Gasteiger partial charge in [0.15, 0.2) is 0 Å². The molecule has 1 aromatic carbocycles. The summed E-state index contributed by atoms with van der Waals surface area (Å²) in [5.74, 6) is -0.0931. The Bertz CT molecular complexity index is 593. The van der Waals surface area contributed by atoms with Crippen LogP contribution in [0.4, 0.5) is 5.69 Å². The molecule has 0 bridgehead atoms. The van der Waals surface area contributed by atoms with E-state index in [9.17, 15) is 9.90 Å². The maximum absolute atomic E-state index is 12.0. The summed E-state index contributed by atoms with van der Waals surface area (Å²) in [5.41, 5.74) is 1.62. The molecule has 112 valence electrons. The maximum Gasteiger partial charge on any atom is 0.244 e. The molecule has 21 heavy (non-hydrogen) atoms. The molecule has 1 unspecified atom stereocenters. The average Bonchev–Trinajstić information content (AvgIpc) is 2.90. The summed E-state index contributed by atoms with van der Waals surface area (Å²) in [5, 5.41) is 12.7. The Balaban J connectivity index is 1.92. The van der Waals surface area contributed by atoms with Gasteiger partial charge in [-0.05, 0) is 42.3 Å². The smallest absolute Gasteiger partial charge is 0.244 e. The molecule has 4 nitrogen and oxygen atoms in total. The van der Waals surface area contributed by atoms with Crippen LogP contribution in [0.2, 0.25) is 0 Å². The van der Waals surface area contributed by atoms with Gasteiger partial charge in [-0.3, -0.25) is 4.79 Å². The van der Waals surface area contributed by atoms with Crippen molar-refractivity contribution >= 4 is 27.5 Å². The third kappa shape index (κ3) is 4.72. The summed E-state index contributed by atoms with van der Waals surface area (Å²) in [7, 11) is 0. The van der Waals surface area contributed by atoms with Crippen molar-refractivity contribution in [1.29, 1.82) is 0 Å². The highest BCUT2D eigenvalue weighted by Crippen LogP contribution is 2.18. The summed E-state index contributed by atoms with van der Waals surface area (Å²) >= 11 is 3.35. The third-order valence-corrected chi connectivity index (χ3v) is 3.70. The molecule has 0 aliphatic heterocycles. The van der Waals surface area contributed by atoms with Crippen molar-refractivity contribution in [2.45, 2.75) is 32.4 Å². The van der Waals surface area contributed by atoms with Gasteiger partial charge >= 0.3 is 0 Å². The fourth-order valence-electron chi connectivity index (χ4n) is 2.09. The summed E-state index contributed by atoms with van der Waals surface area (Å²) in [6.07, 6.45) is 4.84. The van der Waals surface area contributed by atoms with Gasteiger partial charge in [0, 0.05) is 22.6 Å². The SMILES string of the molecule is CCCC(O)c1ccn(CC(=O)Nc2ccc(Br)cc2)c1. The number of hydrogen-bond donors (Lipinski definition) is 2. The van der Waals surface area contributed by atoms with E-state index in [4.69, 9.17) is 0 Å². The molecule has 0 radical (unpaired) electrons.